The number of halogens is 3. The molecule has 0 radical (unpaired) electrons. The molecule has 2 aromatic rings. The molecule has 0 fully saturated rings. The minimum Gasteiger partial charge on any atom is -0.497 e. The lowest BCUT2D eigenvalue weighted by Gasteiger charge is -2.24. The summed E-state index contributed by atoms with van der Waals surface area (Å²) >= 11 is 0. The summed E-state index contributed by atoms with van der Waals surface area (Å²) in [7, 11) is 1.52. The van der Waals surface area contributed by atoms with Gasteiger partial charge in [-0.05, 0) is 55.3 Å². The van der Waals surface area contributed by atoms with E-state index in [-0.39, 0.29) is 12.0 Å². The number of carboxylic acids is 1. The van der Waals surface area contributed by atoms with Crippen molar-refractivity contribution in [3.8, 4) is 5.75 Å². The fourth-order valence-corrected chi connectivity index (χ4v) is 3.17. The number of carboxylic acid groups (broad SMARTS) is 1. The second-order valence-electron chi connectivity index (χ2n) is 7.14. The van der Waals surface area contributed by atoms with Crippen LogP contribution in [-0.2, 0) is 11.0 Å². The van der Waals surface area contributed by atoms with Gasteiger partial charge in [0.15, 0.2) is 0 Å². The maximum absolute atomic E-state index is 13.1. The van der Waals surface area contributed by atoms with E-state index in [0.29, 0.717) is 30.8 Å². The van der Waals surface area contributed by atoms with Gasteiger partial charge in [0.1, 0.15) is 5.75 Å². The molecule has 0 aromatic heterocycles. The van der Waals surface area contributed by atoms with Crippen molar-refractivity contribution in [2.24, 2.45) is 0 Å². The van der Waals surface area contributed by atoms with Crippen molar-refractivity contribution in [2.75, 3.05) is 18.6 Å². The minimum atomic E-state index is -4.53. The van der Waals surface area contributed by atoms with Crippen molar-refractivity contribution in [1.82, 2.24) is 0 Å². The fraction of sp³-hybridized carbons (Fsp3) is 0.391. The molecule has 0 aliphatic rings. The van der Waals surface area contributed by atoms with E-state index in [2.05, 4.69) is 0 Å². The fourth-order valence-electron chi connectivity index (χ4n) is 3.17. The summed E-state index contributed by atoms with van der Waals surface area (Å²) < 4.78 is 44.3. The number of ether oxygens (including phenoxy) is 1. The number of methoxy groups -OCH3 is 1. The summed E-state index contributed by atoms with van der Waals surface area (Å²) in [6.07, 6.45) is -0.784. The third kappa shape index (κ3) is 7.62. The van der Waals surface area contributed by atoms with Crippen LogP contribution in [0.15, 0.2) is 48.5 Å². The van der Waals surface area contributed by atoms with E-state index in [4.69, 9.17) is 9.84 Å². The van der Waals surface area contributed by atoms with Gasteiger partial charge in [-0.25, -0.2) is 0 Å². The highest BCUT2D eigenvalue weighted by Crippen LogP contribution is 2.30. The van der Waals surface area contributed by atoms with Gasteiger partial charge in [0.25, 0.3) is 5.91 Å². The molecule has 0 aliphatic heterocycles. The van der Waals surface area contributed by atoms with Crippen molar-refractivity contribution in [1.29, 1.82) is 0 Å². The summed E-state index contributed by atoms with van der Waals surface area (Å²) in [5, 5.41) is 8.67. The molecule has 2 rings (SSSR count). The minimum absolute atomic E-state index is 0.0351. The van der Waals surface area contributed by atoms with E-state index in [9.17, 15) is 22.8 Å². The molecule has 31 heavy (non-hydrogen) atoms. The molecule has 5 nitrogen and oxygen atoms in total. The average molecular weight is 437 g/mol. The molecule has 8 heteroatoms. The lowest BCUT2D eigenvalue weighted by atomic mass is 10.1. The highest BCUT2D eigenvalue weighted by atomic mass is 19.4. The van der Waals surface area contributed by atoms with Crippen LogP contribution in [0.2, 0.25) is 0 Å². The number of carbonyl (C=O) groups excluding carboxylic acids is 1. The van der Waals surface area contributed by atoms with Gasteiger partial charge in [0.05, 0.1) is 12.7 Å². The van der Waals surface area contributed by atoms with Crippen molar-refractivity contribution in [2.45, 2.75) is 44.7 Å². The summed E-state index contributed by atoms with van der Waals surface area (Å²) in [5.74, 6) is -0.729. The molecular weight excluding hydrogens is 411 g/mol. The molecule has 0 saturated carbocycles. The first-order chi connectivity index (χ1) is 14.7. The van der Waals surface area contributed by atoms with E-state index >= 15 is 0 Å². The monoisotopic (exact) mass is 437 g/mol. The number of unbranched alkanes of at least 4 members (excludes halogenated alkanes) is 4. The van der Waals surface area contributed by atoms with Crippen LogP contribution in [-0.4, -0.2) is 30.6 Å². The Kier molecular flexibility index (Phi) is 8.90. The van der Waals surface area contributed by atoms with Gasteiger partial charge in [0, 0.05) is 24.2 Å². The first kappa shape index (κ1) is 24.2. The van der Waals surface area contributed by atoms with Gasteiger partial charge in [-0.3, -0.25) is 9.59 Å². The first-order valence-electron chi connectivity index (χ1n) is 10.1. The zero-order valence-electron chi connectivity index (χ0n) is 17.3. The highest BCUT2D eigenvalue weighted by Gasteiger charge is 2.31. The molecule has 0 heterocycles. The molecule has 2 aromatic carbocycles. The summed E-state index contributed by atoms with van der Waals surface area (Å²) in [6.45, 7) is 0.334. The number of anilines is 1. The highest BCUT2D eigenvalue weighted by molar-refractivity contribution is 6.06. The Balaban J connectivity index is 2.12. The molecular formula is C23H26F3NO4. The van der Waals surface area contributed by atoms with Crippen LogP contribution in [0, 0.1) is 0 Å². The number of alkyl halides is 3. The van der Waals surface area contributed by atoms with Crippen LogP contribution in [0.25, 0.3) is 0 Å². The lowest BCUT2D eigenvalue weighted by molar-refractivity contribution is -0.138. The van der Waals surface area contributed by atoms with Crippen LogP contribution in [0.5, 0.6) is 5.75 Å². The van der Waals surface area contributed by atoms with Crippen molar-refractivity contribution in [3.05, 3.63) is 59.7 Å². The predicted molar refractivity (Wildman–Crippen MR) is 111 cm³/mol. The normalized spacial score (nSPS) is 11.2. The third-order valence-corrected chi connectivity index (χ3v) is 4.84. The van der Waals surface area contributed by atoms with Gasteiger partial charge >= 0.3 is 12.1 Å². The number of hydrogen-bond donors (Lipinski definition) is 1. The van der Waals surface area contributed by atoms with Gasteiger partial charge in [-0.15, -0.1) is 0 Å². The van der Waals surface area contributed by atoms with Crippen LogP contribution in [0.1, 0.15) is 54.4 Å². The molecule has 1 amide bonds. The van der Waals surface area contributed by atoms with Crippen LogP contribution in [0.4, 0.5) is 18.9 Å². The Hall–Kier alpha value is -3.03. The average Bonchev–Trinajstić information content (AvgIpc) is 2.75. The Morgan fingerprint density at radius 1 is 0.968 bits per heavy atom. The molecule has 0 unspecified atom stereocenters. The Morgan fingerprint density at radius 2 is 1.61 bits per heavy atom. The lowest BCUT2D eigenvalue weighted by Crippen LogP contribution is -2.32. The van der Waals surface area contributed by atoms with Crippen molar-refractivity contribution >= 4 is 17.6 Å². The quantitative estimate of drug-likeness (QED) is 0.452. The Bertz CT molecular complexity index is 866. The van der Waals surface area contributed by atoms with Crippen LogP contribution in [0.3, 0.4) is 0 Å². The van der Waals surface area contributed by atoms with Gasteiger partial charge in [-0.1, -0.05) is 25.3 Å². The summed E-state index contributed by atoms with van der Waals surface area (Å²) in [6, 6.07) is 11.2. The first-order valence-corrected chi connectivity index (χ1v) is 10.1. The number of benzene rings is 2. The number of carbonyl (C=O) groups is 2. The van der Waals surface area contributed by atoms with E-state index < -0.39 is 23.6 Å². The predicted octanol–water partition coefficient (Wildman–Crippen LogP) is 5.79. The number of hydrogen-bond acceptors (Lipinski definition) is 3. The maximum Gasteiger partial charge on any atom is 0.416 e. The topological polar surface area (TPSA) is 66.8 Å². The zero-order valence-corrected chi connectivity index (χ0v) is 17.3. The molecule has 0 spiro atoms. The number of rotatable bonds is 11. The summed E-state index contributed by atoms with van der Waals surface area (Å²) in [4.78, 5) is 25.1. The number of nitrogens with zero attached hydrogens (tertiary/aromatic N) is 1. The van der Waals surface area contributed by atoms with Gasteiger partial charge in [0.2, 0.25) is 0 Å². The SMILES string of the molecule is COc1ccc(N(CCCCCCCC(=O)O)C(=O)c2cccc(C(F)(F)F)c2)cc1. The van der Waals surface area contributed by atoms with Gasteiger partial charge < -0.3 is 14.7 Å². The second kappa shape index (κ2) is 11.4. The van der Waals surface area contributed by atoms with Crippen LogP contribution >= 0.6 is 0 Å². The maximum atomic E-state index is 13.1. The second-order valence-corrected chi connectivity index (χ2v) is 7.14. The third-order valence-electron chi connectivity index (χ3n) is 4.84. The molecule has 168 valence electrons. The largest absolute Gasteiger partial charge is 0.497 e. The van der Waals surface area contributed by atoms with Gasteiger partial charge in [-0.2, -0.15) is 13.2 Å². The zero-order chi connectivity index (χ0) is 22.9. The Labute approximate surface area is 179 Å². The van der Waals surface area contributed by atoms with E-state index in [0.717, 1.165) is 31.4 Å². The van der Waals surface area contributed by atoms with Crippen molar-refractivity contribution < 1.29 is 32.6 Å². The number of aliphatic carboxylic acids is 1. The van der Waals surface area contributed by atoms with E-state index in [1.165, 1.54) is 24.1 Å². The standard InChI is InChI=1S/C23H26F3NO4/c1-31-20-13-11-19(12-14-20)27(15-6-4-2-3-5-10-21(28)29)22(30)17-8-7-9-18(16-17)23(24,25)26/h7-9,11-14,16H,2-6,10,15H2,1H3,(H,28,29). The van der Waals surface area contributed by atoms with E-state index in [1.807, 2.05) is 0 Å². The van der Waals surface area contributed by atoms with Crippen molar-refractivity contribution in [3.63, 3.8) is 0 Å². The molecule has 0 aliphatic carbocycles. The summed E-state index contributed by atoms with van der Waals surface area (Å²) in [5.41, 5.74) is -0.340. The smallest absolute Gasteiger partial charge is 0.416 e. The molecule has 1 N–H and O–H groups in total. The molecule has 0 bridgehead atoms. The Morgan fingerprint density at radius 3 is 2.23 bits per heavy atom. The number of amides is 1. The molecule has 0 saturated heterocycles. The van der Waals surface area contributed by atoms with E-state index in [1.54, 1.807) is 24.3 Å². The molecule has 0 atom stereocenters. The van der Waals surface area contributed by atoms with Crippen LogP contribution < -0.4 is 9.64 Å².